The Hall–Kier alpha value is -1.32. The number of aliphatic carboxylic acids is 1. The lowest BCUT2D eigenvalue weighted by Crippen LogP contribution is -2.35. The van der Waals surface area contributed by atoms with Gasteiger partial charge in [-0.25, -0.2) is 0 Å². The van der Waals surface area contributed by atoms with Crippen molar-refractivity contribution in [3.8, 4) is 0 Å². The third-order valence-electron chi connectivity index (χ3n) is 1.86. The van der Waals surface area contributed by atoms with Gasteiger partial charge in [-0.2, -0.15) is 0 Å². The van der Waals surface area contributed by atoms with Crippen molar-refractivity contribution in [1.82, 2.24) is 4.90 Å². The molecule has 0 atom stereocenters. The maximum Gasteiger partial charge on any atom is 0.323 e. The molecule has 16 heavy (non-hydrogen) atoms. The molecule has 0 spiro atoms. The van der Waals surface area contributed by atoms with Crippen LogP contribution in [0.2, 0.25) is 0 Å². The van der Waals surface area contributed by atoms with Gasteiger partial charge in [0.25, 0.3) is 0 Å². The van der Waals surface area contributed by atoms with E-state index in [9.17, 15) is 9.59 Å². The Morgan fingerprint density at radius 2 is 1.88 bits per heavy atom. The van der Waals surface area contributed by atoms with Crippen LogP contribution in [0, 0.1) is 5.41 Å². The van der Waals surface area contributed by atoms with Crippen molar-refractivity contribution >= 4 is 11.9 Å². The number of nitrogens with zero attached hydrogens (tertiary/aromatic N) is 1. The molecule has 0 aromatic heterocycles. The van der Waals surface area contributed by atoms with Crippen LogP contribution < -0.4 is 0 Å². The summed E-state index contributed by atoms with van der Waals surface area (Å²) in [4.78, 5) is 23.6. The fourth-order valence-corrected chi connectivity index (χ4v) is 1.13. The summed E-state index contributed by atoms with van der Waals surface area (Å²) < 4.78 is 0. The minimum absolute atomic E-state index is 0.0727. The zero-order valence-corrected chi connectivity index (χ0v) is 10.5. The predicted molar refractivity (Wildman–Crippen MR) is 63.1 cm³/mol. The Morgan fingerprint density at radius 3 is 2.25 bits per heavy atom. The summed E-state index contributed by atoms with van der Waals surface area (Å²) in [5.74, 6) is -1.22. The molecule has 0 rings (SSSR count). The van der Waals surface area contributed by atoms with E-state index in [-0.39, 0.29) is 17.9 Å². The molecule has 0 aliphatic heterocycles. The number of carboxylic acid groups (broad SMARTS) is 1. The number of carbonyl (C=O) groups is 2. The van der Waals surface area contributed by atoms with E-state index in [0.29, 0.717) is 6.54 Å². The second-order valence-corrected chi connectivity index (χ2v) is 4.85. The Morgan fingerprint density at radius 1 is 1.31 bits per heavy atom. The molecule has 0 aromatic rings. The zero-order valence-electron chi connectivity index (χ0n) is 10.5. The molecule has 1 amide bonds. The first-order valence-corrected chi connectivity index (χ1v) is 5.46. The van der Waals surface area contributed by atoms with Gasteiger partial charge in [-0.3, -0.25) is 9.59 Å². The van der Waals surface area contributed by atoms with Gasteiger partial charge in [0.15, 0.2) is 0 Å². The Kier molecular flexibility index (Phi) is 5.78. The molecule has 0 saturated carbocycles. The molecular weight excluding hydrogens is 206 g/mol. The molecule has 4 heteroatoms. The van der Waals surface area contributed by atoms with Gasteiger partial charge in [-0.15, -0.1) is 0 Å². The minimum Gasteiger partial charge on any atom is -0.480 e. The third-order valence-corrected chi connectivity index (χ3v) is 1.86. The number of hydrogen-bond donors (Lipinski definition) is 1. The summed E-state index contributed by atoms with van der Waals surface area (Å²) in [6.45, 7) is 8.10. The quantitative estimate of drug-likeness (QED) is 0.730. The number of amides is 1. The first-order valence-electron chi connectivity index (χ1n) is 5.46. The van der Waals surface area contributed by atoms with Crippen LogP contribution in [0.5, 0.6) is 0 Å². The highest BCUT2D eigenvalue weighted by atomic mass is 16.4. The number of allylic oxidation sites excluding steroid dienone is 1. The molecular formula is C12H21NO3. The average Bonchev–Trinajstić information content (AvgIpc) is 2.11. The second-order valence-electron chi connectivity index (χ2n) is 4.85. The van der Waals surface area contributed by atoms with Crippen LogP contribution in [0.1, 0.15) is 34.1 Å². The van der Waals surface area contributed by atoms with Crippen molar-refractivity contribution in [3.63, 3.8) is 0 Å². The van der Waals surface area contributed by atoms with Gasteiger partial charge in [-0.1, -0.05) is 33.8 Å². The van der Waals surface area contributed by atoms with Crippen molar-refractivity contribution in [2.45, 2.75) is 34.1 Å². The third kappa shape index (κ3) is 7.04. The van der Waals surface area contributed by atoms with E-state index in [1.807, 2.05) is 27.7 Å². The van der Waals surface area contributed by atoms with Gasteiger partial charge in [0.05, 0.1) is 0 Å². The van der Waals surface area contributed by atoms with Gasteiger partial charge in [0.2, 0.25) is 5.91 Å². The molecule has 1 N–H and O–H groups in total. The first-order chi connectivity index (χ1) is 7.26. The van der Waals surface area contributed by atoms with Crippen molar-refractivity contribution in [3.05, 3.63) is 12.2 Å². The SMILES string of the molecule is CCCN(CC(=O)O)C(=O)/C=C/C(C)(C)C. The van der Waals surface area contributed by atoms with Gasteiger partial charge >= 0.3 is 5.97 Å². The van der Waals surface area contributed by atoms with Crippen molar-refractivity contribution in [2.75, 3.05) is 13.1 Å². The summed E-state index contributed by atoms with van der Waals surface area (Å²) in [5, 5.41) is 8.67. The van der Waals surface area contributed by atoms with E-state index in [1.165, 1.54) is 11.0 Å². The Balaban J connectivity index is 4.50. The molecule has 0 aliphatic carbocycles. The summed E-state index contributed by atoms with van der Waals surface area (Å²) >= 11 is 0. The van der Waals surface area contributed by atoms with E-state index in [2.05, 4.69) is 0 Å². The van der Waals surface area contributed by atoms with Crippen molar-refractivity contribution in [1.29, 1.82) is 0 Å². The summed E-state index contributed by atoms with van der Waals surface area (Å²) in [6, 6.07) is 0. The van der Waals surface area contributed by atoms with E-state index >= 15 is 0 Å². The fraction of sp³-hybridized carbons (Fsp3) is 0.667. The number of carboxylic acids is 1. The monoisotopic (exact) mass is 227 g/mol. The number of hydrogen-bond acceptors (Lipinski definition) is 2. The predicted octanol–water partition coefficient (Wildman–Crippen LogP) is 1.91. The highest BCUT2D eigenvalue weighted by Gasteiger charge is 2.14. The molecule has 0 fully saturated rings. The molecule has 0 aromatic carbocycles. The average molecular weight is 227 g/mol. The first kappa shape index (κ1) is 14.7. The van der Waals surface area contributed by atoms with E-state index < -0.39 is 5.97 Å². The minimum atomic E-state index is -0.981. The van der Waals surface area contributed by atoms with Crippen molar-refractivity contribution < 1.29 is 14.7 Å². The molecule has 0 saturated heterocycles. The molecule has 0 bridgehead atoms. The van der Waals surface area contributed by atoms with E-state index in [0.717, 1.165) is 6.42 Å². The normalized spacial score (nSPS) is 11.8. The van der Waals surface area contributed by atoms with Gasteiger partial charge in [0.1, 0.15) is 6.54 Å². The van der Waals surface area contributed by atoms with Crippen LogP contribution in [0.15, 0.2) is 12.2 Å². The number of rotatable bonds is 5. The molecule has 0 radical (unpaired) electrons. The highest BCUT2D eigenvalue weighted by Crippen LogP contribution is 2.14. The molecule has 0 heterocycles. The Labute approximate surface area is 96.9 Å². The van der Waals surface area contributed by atoms with Crippen LogP contribution in [-0.2, 0) is 9.59 Å². The standard InChI is InChI=1S/C12H21NO3/c1-5-8-13(9-11(15)16)10(14)6-7-12(2,3)4/h6-7H,5,8-9H2,1-4H3,(H,15,16)/b7-6+. The lowest BCUT2D eigenvalue weighted by atomic mass is 9.96. The van der Waals surface area contributed by atoms with Gasteiger partial charge < -0.3 is 10.0 Å². The van der Waals surface area contributed by atoms with Crippen molar-refractivity contribution in [2.24, 2.45) is 5.41 Å². The Bertz CT molecular complexity index is 276. The van der Waals surface area contributed by atoms with E-state index in [4.69, 9.17) is 5.11 Å². The van der Waals surface area contributed by atoms with Crippen LogP contribution in [0.4, 0.5) is 0 Å². The fourth-order valence-electron chi connectivity index (χ4n) is 1.13. The van der Waals surface area contributed by atoms with Crippen LogP contribution >= 0.6 is 0 Å². The topological polar surface area (TPSA) is 57.6 Å². The highest BCUT2D eigenvalue weighted by molar-refractivity contribution is 5.90. The summed E-state index contributed by atoms with van der Waals surface area (Å²) in [7, 11) is 0. The smallest absolute Gasteiger partial charge is 0.323 e. The lowest BCUT2D eigenvalue weighted by Gasteiger charge is -2.19. The molecule has 0 aliphatic rings. The van der Waals surface area contributed by atoms with Gasteiger partial charge in [-0.05, 0) is 17.9 Å². The maximum absolute atomic E-state index is 11.7. The largest absolute Gasteiger partial charge is 0.480 e. The second kappa shape index (κ2) is 6.30. The van der Waals surface area contributed by atoms with Gasteiger partial charge in [0, 0.05) is 6.54 Å². The summed E-state index contributed by atoms with van der Waals surface area (Å²) in [5.41, 5.74) is -0.0727. The maximum atomic E-state index is 11.7. The van der Waals surface area contributed by atoms with Crippen LogP contribution in [-0.4, -0.2) is 35.0 Å². The van der Waals surface area contributed by atoms with Crippen LogP contribution in [0.25, 0.3) is 0 Å². The zero-order chi connectivity index (χ0) is 12.8. The van der Waals surface area contributed by atoms with E-state index in [1.54, 1.807) is 6.08 Å². The number of carbonyl (C=O) groups excluding carboxylic acids is 1. The van der Waals surface area contributed by atoms with Crippen LogP contribution in [0.3, 0.4) is 0 Å². The summed E-state index contributed by atoms with van der Waals surface area (Å²) in [6.07, 6.45) is 4.00. The lowest BCUT2D eigenvalue weighted by molar-refractivity contribution is -0.142. The molecule has 4 nitrogen and oxygen atoms in total. The molecule has 92 valence electrons. The molecule has 0 unspecified atom stereocenters.